The summed E-state index contributed by atoms with van der Waals surface area (Å²) in [6, 6.07) is 0.569. The Bertz CT molecular complexity index is 1590. The second kappa shape index (κ2) is 8.42. The molecule has 3 aromatic rings. The van der Waals surface area contributed by atoms with Gasteiger partial charge in [0.25, 0.3) is 0 Å². The molecule has 40 heavy (non-hydrogen) atoms. The highest BCUT2D eigenvalue weighted by atomic mass is 19.1. The quantitative estimate of drug-likeness (QED) is 0.441. The van der Waals surface area contributed by atoms with Crippen LogP contribution in [0.4, 0.5) is 25.5 Å². The Morgan fingerprint density at radius 3 is 2.55 bits per heavy atom. The maximum Gasteiger partial charge on any atom is 0.416 e. The lowest BCUT2D eigenvalue weighted by Crippen LogP contribution is -2.75. The molecule has 15 heteroatoms. The number of urea groups is 1. The number of halogens is 1. The summed E-state index contributed by atoms with van der Waals surface area (Å²) >= 11 is 0. The number of nitrogens with zero attached hydrogens (tertiary/aromatic N) is 5. The molecule has 3 fully saturated rings. The van der Waals surface area contributed by atoms with Gasteiger partial charge in [0.05, 0.1) is 29.3 Å². The van der Waals surface area contributed by atoms with E-state index < -0.39 is 53.4 Å². The van der Waals surface area contributed by atoms with Crippen LogP contribution in [-0.2, 0) is 25.5 Å². The Morgan fingerprint density at radius 2 is 1.82 bits per heavy atom. The van der Waals surface area contributed by atoms with Crippen molar-refractivity contribution in [3.8, 4) is 0 Å². The second-order valence-corrected chi connectivity index (χ2v) is 10.3. The number of nitrogens with one attached hydrogen (secondary N) is 2. The summed E-state index contributed by atoms with van der Waals surface area (Å²) in [5.74, 6) is -2.10. The Hall–Kier alpha value is -4.66. The molecule has 2 N–H and O–H groups in total. The molecule has 3 saturated heterocycles. The summed E-state index contributed by atoms with van der Waals surface area (Å²) in [4.78, 5) is 62.8. The van der Waals surface area contributed by atoms with Gasteiger partial charge in [0.1, 0.15) is 12.6 Å². The lowest BCUT2D eigenvalue weighted by atomic mass is 9.66. The Kier molecular flexibility index (Phi) is 5.13. The van der Waals surface area contributed by atoms with Crippen LogP contribution in [0.15, 0.2) is 29.0 Å². The summed E-state index contributed by atoms with van der Waals surface area (Å²) in [5, 5.41) is 8.55. The van der Waals surface area contributed by atoms with E-state index in [1.165, 1.54) is 17.3 Å². The van der Waals surface area contributed by atoms with Gasteiger partial charge < -0.3 is 18.9 Å². The van der Waals surface area contributed by atoms with Crippen molar-refractivity contribution < 1.29 is 37.6 Å². The van der Waals surface area contributed by atoms with Gasteiger partial charge in [0.2, 0.25) is 17.4 Å². The van der Waals surface area contributed by atoms with Crippen molar-refractivity contribution in [2.24, 2.45) is 5.41 Å². The number of benzene rings is 1. The minimum atomic E-state index is -1.80. The molecule has 1 spiro atoms. The lowest BCUT2D eigenvalue weighted by Gasteiger charge is -2.55. The lowest BCUT2D eigenvalue weighted by molar-refractivity contribution is -0.153. The Morgan fingerprint density at radius 1 is 1.10 bits per heavy atom. The highest BCUT2D eigenvalue weighted by molar-refractivity contribution is 6.20. The van der Waals surface area contributed by atoms with Crippen LogP contribution in [0.2, 0.25) is 0 Å². The van der Waals surface area contributed by atoms with E-state index in [4.69, 9.17) is 14.0 Å². The molecule has 0 saturated carbocycles. The number of carbonyl (C=O) groups is 4. The number of amides is 5. The Labute approximate surface area is 224 Å². The number of aromatic nitrogens is 3. The second-order valence-electron chi connectivity index (χ2n) is 10.3. The topological polar surface area (TPSA) is 169 Å². The van der Waals surface area contributed by atoms with Crippen LogP contribution in [0.3, 0.4) is 0 Å². The third kappa shape index (κ3) is 3.20. The van der Waals surface area contributed by atoms with Gasteiger partial charge in [-0.25, -0.2) is 28.8 Å². The minimum Gasteiger partial charge on any atom is -0.446 e. The monoisotopic (exact) mass is 551 g/mol. The normalized spacial score (nSPS) is 27.4. The fraction of sp³-hybridized carbons (Fsp3) is 0.400. The molecule has 0 aliphatic carbocycles. The van der Waals surface area contributed by atoms with Crippen LogP contribution < -0.4 is 20.4 Å². The molecule has 0 unspecified atom stereocenters. The van der Waals surface area contributed by atoms with Crippen molar-refractivity contribution in [1.29, 1.82) is 0 Å². The SMILES string of the molecule is C[C@@H]1CN2c3c(cc4c(N5C(=O)OC[C@H]5c5ncccn5)noc4c3F)CC3(C(=O)NC(=O)NC3=O)[C@H]2[C@H](C)O1. The average Bonchev–Trinajstić information content (AvgIpc) is 3.50. The van der Waals surface area contributed by atoms with E-state index in [1.54, 1.807) is 30.9 Å². The molecule has 4 aliphatic rings. The molecule has 6 heterocycles. The van der Waals surface area contributed by atoms with Gasteiger partial charge >= 0.3 is 12.1 Å². The first-order chi connectivity index (χ1) is 19.2. The molecule has 4 aliphatic heterocycles. The van der Waals surface area contributed by atoms with Crippen LogP contribution in [0.25, 0.3) is 11.0 Å². The highest BCUT2D eigenvalue weighted by Gasteiger charge is 2.63. The van der Waals surface area contributed by atoms with Crippen LogP contribution in [0.5, 0.6) is 0 Å². The zero-order valence-corrected chi connectivity index (χ0v) is 21.2. The highest BCUT2D eigenvalue weighted by Crippen LogP contribution is 2.50. The standard InChI is InChI=1S/C25H22FN7O7/c1-10-8-32-16-12(7-25(18(32)11(2)39-10)21(34)29-23(36)30-22(25)35)6-13-17(15(16)26)40-31-20(13)33-14(9-38-24(33)37)19-27-4-3-5-28-19/h3-6,10-11,14,18H,7-9H2,1-2H3,(H2,29,30,34,35,36)/t10-,11+,14+,18-/m1/s1. The molecule has 0 bridgehead atoms. The van der Waals surface area contributed by atoms with E-state index in [2.05, 4.69) is 25.8 Å². The first-order valence-electron chi connectivity index (χ1n) is 12.6. The molecule has 206 valence electrons. The number of hydrogen-bond donors (Lipinski definition) is 2. The summed E-state index contributed by atoms with van der Waals surface area (Å²) in [5.41, 5.74) is -1.58. The van der Waals surface area contributed by atoms with Crippen LogP contribution >= 0.6 is 0 Å². The van der Waals surface area contributed by atoms with E-state index >= 15 is 4.39 Å². The average molecular weight is 551 g/mol. The van der Waals surface area contributed by atoms with Gasteiger partial charge in [0, 0.05) is 25.4 Å². The van der Waals surface area contributed by atoms with Gasteiger partial charge in [-0.1, -0.05) is 5.16 Å². The largest absolute Gasteiger partial charge is 0.446 e. The van der Waals surface area contributed by atoms with E-state index in [9.17, 15) is 19.2 Å². The fourth-order valence-corrected chi connectivity index (χ4v) is 6.44. The first kappa shape index (κ1) is 24.4. The molecule has 1 aromatic carbocycles. The number of barbiturate groups is 1. The van der Waals surface area contributed by atoms with Crippen molar-refractivity contribution in [2.45, 2.75) is 44.6 Å². The van der Waals surface area contributed by atoms with Crippen molar-refractivity contribution in [3.05, 3.63) is 41.7 Å². The molecule has 7 rings (SSSR count). The molecule has 0 radical (unpaired) electrons. The maximum absolute atomic E-state index is 16.4. The molecule has 4 atom stereocenters. The number of fused-ring (bicyclic) bond motifs is 5. The van der Waals surface area contributed by atoms with Gasteiger partial charge in [-0.05, 0) is 31.5 Å². The number of morpholine rings is 1. The summed E-state index contributed by atoms with van der Waals surface area (Å²) < 4.78 is 33.0. The smallest absolute Gasteiger partial charge is 0.416 e. The number of cyclic esters (lactones) is 1. The maximum atomic E-state index is 16.4. The number of carbonyl (C=O) groups excluding carboxylic acids is 4. The fourth-order valence-electron chi connectivity index (χ4n) is 6.44. The summed E-state index contributed by atoms with van der Waals surface area (Å²) in [6.45, 7) is 3.59. The van der Waals surface area contributed by atoms with E-state index in [0.717, 1.165) is 0 Å². The third-order valence-corrected chi connectivity index (χ3v) is 7.93. The van der Waals surface area contributed by atoms with E-state index in [1.807, 2.05) is 0 Å². The van der Waals surface area contributed by atoms with Gasteiger partial charge in [-0.2, -0.15) is 0 Å². The van der Waals surface area contributed by atoms with E-state index in [0.29, 0.717) is 11.4 Å². The van der Waals surface area contributed by atoms with Crippen LogP contribution in [-0.4, -0.2) is 70.5 Å². The van der Waals surface area contributed by atoms with Gasteiger partial charge in [-0.3, -0.25) is 20.2 Å². The zero-order valence-electron chi connectivity index (χ0n) is 21.2. The van der Waals surface area contributed by atoms with Gasteiger partial charge in [0.15, 0.2) is 22.9 Å². The third-order valence-electron chi connectivity index (χ3n) is 7.93. The molecule has 2 aromatic heterocycles. The minimum absolute atomic E-state index is 0.0238. The van der Waals surface area contributed by atoms with Crippen molar-refractivity contribution in [3.63, 3.8) is 0 Å². The van der Waals surface area contributed by atoms with E-state index in [-0.39, 0.29) is 48.2 Å². The molecular weight excluding hydrogens is 529 g/mol. The van der Waals surface area contributed by atoms with Crippen molar-refractivity contribution in [1.82, 2.24) is 25.8 Å². The number of hydrogen-bond acceptors (Lipinski definition) is 11. The van der Waals surface area contributed by atoms with Gasteiger partial charge in [-0.15, -0.1) is 0 Å². The van der Waals surface area contributed by atoms with Crippen LogP contribution in [0.1, 0.15) is 31.3 Å². The first-order valence-corrected chi connectivity index (χ1v) is 12.6. The zero-order chi connectivity index (χ0) is 27.9. The summed E-state index contributed by atoms with van der Waals surface area (Å²) in [6.07, 6.45) is 1.01. The van der Waals surface area contributed by atoms with Crippen molar-refractivity contribution in [2.75, 3.05) is 23.0 Å². The van der Waals surface area contributed by atoms with Crippen molar-refractivity contribution >= 4 is 46.4 Å². The summed E-state index contributed by atoms with van der Waals surface area (Å²) in [7, 11) is 0. The van der Waals surface area contributed by atoms with Crippen LogP contribution in [0, 0.1) is 11.2 Å². The number of imide groups is 2. The molecule has 14 nitrogen and oxygen atoms in total. The predicted molar refractivity (Wildman–Crippen MR) is 132 cm³/mol. The Balaban J connectivity index is 1.42. The predicted octanol–water partition coefficient (Wildman–Crippen LogP) is 1.35. The number of ether oxygens (including phenoxy) is 2. The number of anilines is 2. The number of rotatable bonds is 2. The molecule has 5 amide bonds. The molecular formula is C25H22FN7O7.